The van der Waals surface area contributed by atoms with Gasteiger partial charge < -0.3 is 15.7 Å². The highest BCUT2D eigenvalue weighted by molar-refractivity contribution is 5.82. The average molecular weight is 296 g/mol. The maximum atomic E-state index is 12.2. The van der Waals surface area contributed by atoms with Crippen molar-refractivity contribution in [2.24, 2.45) is 0 Å². The first kappa shape index (κ1) is 14.6. The van der Waals surface area contributed by atoms with E-state index in [2.05, 4.69) is 22.8 Å². The molecule has 0 bridgehead atoms. The van der Waals surface area contributed by atoms with Gasteiger partial charge in [-0.05, 0) is 41.7 Å². The zero-order valence-electron chi connectivity index (χ0n) is 12.4. The number of phenolic OH excluding ortho intramolecular Hbond substituents is 1. The molecule has 22 heavy (non-hydrogen) atoms. The minimum Gasteiger partial charge on any atom is -0.508 e. The third-order valence-corrected chi connectivity index (χ3v) is 4.03. The molecule has 3 rings (SSSR count). The smallest absolute Gasteiger partial charge is 0.237 e. The first-order chi connectivity index (χ1) is 10.7. The van der Waals surface area contributed by atoms with Crippen molar-refractivity contribution in [1.82, 2.24) is 10.6 Å². The maximum absolute atomic E-state index is 12.2. The van der Waals surface area contributed by atoms with Crippen LogP contribution in [0.25, 0.3) is 0 Å². The SMILES string of the molecule is O=C(NCCc1ccccc1)[C@H]1Cc2ccc(O)cc2CN1. The fourth-order valence-electron chi connectivity index (χ4n) is 2.78. The van der Waals surface area contributed by atoms with E-state index >= 15 is 0 Å². The summed E-state index contributed by atoms with van der Waals surface area (Å²) in [6.45, 7) is 1.25. The molecule has 3 N–H and O–H groups in total. The standard InChI is InChI=1S/C18H20N2O2/c21-16-7-6-14-11-17(20-12-15(14)10-16)18(22)19-9-8-13-4-2-1-3-5-13/h1-7,10,17,20-21H,8-9,11-12H2,(H,19,22)/t17-/m1/s1. The highest BCUT2D eigenvalue weighted by Gasteiger charge is 2.23. The van der Waals surface area contributed by atoms with Crippen LogP contribution in [0, 0.1) is 0 Å². The molecule has 2 aromatic rings. The Morgan fingerprint density at radius 1 is 1.18 bits per heavy atom. The summed E-state index contributed by atoms with van der Waals surface area (Å²) >= 11 is 0. The van der Waals surface area contributed by atoms with Crippen LogP contribution >= 0.6 is 0 Å². The fraction of sp³-hybridized carbons (Fsp3) is 0.278. The van der Waals surface area contributed by atoms with Gasteiger partial charge in [-0.3, -0.25) is 4.79 Å². The van der Waals surface area contributed by atoms with E-state index in [1.54, 1.807) is 12.1 Å². The van der Waals surface area contributed by atoms with Gasteiger partial charge in [0.1, 0.15) is 5.75 Å². The molecule has 1 heterocycles. The van der Waals surface area contributed by atoms with Crippen LogP contribution < -0.4 is 10.6 Å². The Hall–Kier alpha value is -2.33. The van der Waals surface area contributed by atoms with Crippen molar-refractivity contribution in [1.29, 1.82) is 0 Å². The van der Waals surface area contributed by atoms with E-state index < -0.39 is 0 Å². The second-order valence-corrected chi connectivity index (χ2v) is 5.62. The normalized spacial score (nSPS) is 16.8. The molecule has 0 spiro atoms. The Balaban J connectivity index is 1.52. The zero-order chi connectivity index (χ0) is 15.4. The van der Waals surface area contributed by atoms with Gasteiger partial charge in [0, 0.05) is 13.1 Å². The molecule has 1 amide bonds. The molecule has 0 saturated heterocycles. The molecule has 0 aromatic heterocycles. The van der Waals surface area contributed by atoms with E-state index in [1.807, 2.05) is 24.3 Å². The van der Waals surface area contributed by atoms with Gasteiger partial charge in [-0.25, -0.2) is 0 Å². The maximum Gasteiger partial charge on any atom is 0.237 e. The number of hydrogen-bond acceptors (Lipinski definition) is 3. The number of aromatic hydroxyl groups is 1. The molecule has 114 valence electrons. The summed E-state index contributed by atoms with van der Waals surface area (Å²) in [4.78, 5) is 12.2. The van der Waals surface area contributed by atoms with Gasteiger partial charge in [-0.1, -0.05) is 36.4 Å². The summed E-state index contributed by atoms with van der Waals surface area (Å²) in [5, 5.41) is 15.7. The van der Waals surface area contributed by atoms with Crippen LogP contribution in [0.2, 0.25) is 0 Å². The molecular weight excluding hydrogens is 276 g/mol. The van der Waals surface area contributed by atoms with Crippen LogP contribution in [0.15, 0.2) is 48.5 Å². The molecule has 2 aromatic carbocycles. The number of carbonyl (C=O) groups is 1. The summed E-state index contributed by atoms with van der Waals surface area (Å²) in [5.74, 6) is 0.306. The molecule has 0 fully saturated rings. The number of nitrogens with one attached hydrogen (secondary N) is 2. The summed E-state index contributed by atoms with van der Waals surface area (Å²) < 4.78 is 0. The van der Waals surface area contributed by atoms with Gasteiger partial charge >= 0.3 is 0 Å². The van der Waals surface area contributed by atoms with Gasteiger partial charge in [0.05, 0.1) is 6.04 Å². The van der Waals surface area contributed by atoms with Gasteiger partial charge in [0.2, 0.25) is 5.91 Å². The van der Waals surface area contributed by atoms with Crippen LogP contribution in [0.3, 0.4) is 0 Å². The molecular formula is C18H20N2O2. The molecule has 4 heteroatoms. The Labute approximate surface area is 130 Å². The summed E-state index contributed by atoms with van der Waals surface area (Å²) in [5.41, 5.74) is 3.41. The zero-order valence-corrected chi connectivity index (χ0v) is 12.4. The fourth-order valence-corrected chi connectivity index (χ4v) is 2.78. The lowest BCUT2D eigenvalue weighted by Gasteiger charge is -2.25. The molecule has 0 radical (unpaired) electrons. The van der Waals surface area contributed by atoms with Crippen molar-refractivity contribution in [3.05, 3.63) is 65.2 Å². The first-order valence-corrected chi connectivity index (χ1v) is 7.58. The highest BCUT2D eigenvalue weighted by atomic mass is 16.3. The number of benzene rings is 2. The number of phenols is 1. The number of rotatable bonds is 4. The van der Waals surface area contributed by atoms with Crippen molar-refractivity contribution >= 4 is 5.91 Å². The number of hydrogen-bond donors (Lipinski definition) is 3. The van der Waals surface area contributed by atoms with E-state index in [4.69, 9.17) is 0 Å². The van der Waals surface area contributed by atoms with Gasteiger partial charge in [-0.15, -0.1) is 0 Å². The lowest BCUT2D eigenvalue weighted by Crippen LogP contribution is -2.48. The van der Waals surface area contributed by atoms with Gasteiger partial charge in [0.25, 0.3) is 0 Å². The van der Waals surface area contributed by atoms with Crippen LogP contribution in [0.4, 0.5) is 0 Å². The minimum absolute atomic E-state index is 0.0367. The number of carbonyl (C=O) groups excluding carboxylic acids is 1. The lowest BCUT2D eigenvalue weighted by molar-refractivity contribution is -0.123. The van der Waals surface area contributed by atoms with E-state index in [1.165, 1.54) is 5.56 Å². The first-order valence-electron chi connectivity index (χ1n) is 7.58. The van der Waals surface area contributed by atoms with Crippen molar-refractivity contribution in [3.8, 4) is 5.75 Å². The van der Waals surface area contributed by atoms with E-state index in [9.17, 15) is 9.90 Å². The van der Waals surface area contributed by atoms with E-state index in [-0.39, 0.29) is 17.7 Å². The van der Waals surface area contributed by atoms with E-state index in [0.29, 0.717) is 19.5 Å². The molecule has 1 aliphatic heterocycles. The van der Waals surface area contributed by atoms with Crippen LogP contribution in [-0.4, -0.2) is 23.6 Å². The number of fused-ring (bicyclic) bond motifs is 1. The molecule has 0 saturated carbocycles. The van der Waals surface area contributed by atoms with Crippen LogP contribution in [0.1, 0.15) is 16.7 Å². The van der Waals surface area contributed by atoms with Gasteiger partial charge in [0.15, 0.2) is 0 Å². The molecule has 0 aliphatic carbocycles. The molecule has 1 aliphatic rings. The Kier molecular flexibility index (Phi) is 4.39. The monoisotopic (exact) mass is 296 g/mol. The van der Waals surface area contributed by atoms with Crippen molar-refractivity contribution in [2.75, 3.05) is 6.54 Å². The second kappa shape index (κ2) is 6.62. The molecule has 1 atom stereocenters. The van der Waals surface area contributed by atoms with Crippen molar-refractivity contribution in [2.45, 2.75) is 25.4 Å². The van der Waals surface area contributed by atoms with Crippen LogP contribution in [-0.2, 0) is 24.2 Å². The summed E-state index contributed by atoms with van der Waals surface area (Å²) in [7, 11) is 0. The Morgan fingerprint density at radius 2 is 2.00 bits per heavy atom. The average Bonchev–Trinajstić information content (AvgIpc) is 2.55. The summed E-state index contributed by atoms with van der Waals surface area (Å²) in [6, 6.07) is 15.3. The number of amides is 1. The van der Waals surface area contributed by atoms with Crippen molar-refractivity contribution < 1.29 is 9.90 Å². The predicted octanol–water partition coefficient (Wildman–Crippen LogP) is 1.77. The van der Waals surface area contributed by atoms with Crippen LogP contribution in [0.5, 0.6) is 5.75 Å². The van der Waals surface area contributed by atoms with E-state index in [0.717, 1.165) is 17.5 Å². The largest absolute Gasteiger partial charge is 0.508 e. The lowest BCUT2D eigenvalue weighted by atomic mass is 9.95. The molecule has 4 nitrogen and oxygen atoms in total. The third-order valence-electron chi connectivity index (χ3n) is 4.03. The molecule has 0 unspecified atom stereocenters. The van der Waals surface area contributed by atoms with Gasteiger partial charge in [-0.2, -0.15) is 0 Å². The Bertz CT molecular complexity index is 655. The quantitative estimate of drug-likeness (QED) is 0.806. The van der Waals surface area contributed by atoms with Crippen molar-refractivity contribution in [3.63, 3.8) is 0 Å². The summed E-state index contributed by atoms with van der Waals surface area (Å²) in [6.07, 6.45) is 1.50. The minimum atomic E-state index is -0.201. The predicted molar refractivity (Wildman–Crippen MR) is 85.6 cm³/mol. The highest BCUT2D eigenvalue weighted by Crippen LogP contribution is 2.21. The Morgan fingerprint density at radius 3 is 2.82 bits per heavy atom. The third kappa shape index (κ3) is 3.46. The topological polar surface area (TPSA) is 61.4 Å². The second-order valence-electron chi connectivity index (χ2n) is 5.62.